The second-order valence-corrected chi connectivity index (χ2v) is 6.54. The second-order valence-electron chi connectivity index (χ2n) is 5.59. The van der Waals surface area contributed by atoms with E-state index in [1.807, 2.05) is 24.6 Å². The van der Waals surface area contributed by atoms with Crippen molar-refractivity contribution < 1.29 is 9.63 Å². The van der Waals surface area contributed by atoms with Crippen LogP contribution < -0.4 is 0 Å². The summed E-state index contributed by atoms with van der Waals surface area (Å²) in [6, 6.07) is 3.95. The van der Waals surface area contributed by atoms with Gasteiger partial charge in [-0.05, 0) is 31.3 Å². The minimum atomic E-state index is -0.536. The van der Waals surface area contributed by atoms with Crippen LogP contribution in [-0.2, 0) is 6.54 Å². The fraction of sp³-hybridized carbons (Fsp3) is 0.571. The van der Waals surface area contributed by atoms with Gasteiger partial charge in [0.2, 0.25) is 11.7 Å². The molecule has 0 aromatic carbocycles. The molecular weight excluding hydrogens is 274 g/mol. The van der Waals surface area contributed by atoms with E-state index in [4.69, 9.17) is 4.52 Å². The third-order valence-corrected chi connectivity index (χ3v) is 4.58. The molecule has 0 atom stereocenters. The molecule has 2 heterocycles. The molecule has 2 aromatic rings. The van der Waals surface area contributed by atoms with E-state index in [-0.39, 0.29) is 0 Å². The average Bonchev–Trinajstić information content (AvgIpc) is 3.08. The van der Waals surface area contributed by atoms with Crippen LogP contribution in [0, 0.1) is 0 Å². The van der Waals surface area contributed by atoms with Gasteiger partial charge < -0.3 is 9.63 Å². The largest absolute Gasteiger partial charge is 0.389 e. The van der Waals surface area contributed by atoms with E-state index in [1.165, 1.54) is 0 Å². The summed E-state index contributed by atoms with van der Waals surface area (Å²) >= 11 is 1.60. The van der Waals surface area contributed by atoms with Crippen molar-refractivity contribution in [1.82, 2.24) is 15.0 Å². The summed E-state index contributed by atoms with van der Waals surface area (Å²) in [6.07, 6.45) is 4.02. The lowest BCUT2D eigenvalue weighted by molar-refractivity contribution is 0.0124. The summed E-state index contributed by atoms with van der Waals surface area (Å²) in [6.45, 7) is 1.23. The lowest BCUT2D eigenvalue weighted by Gasteiger charge is -2.27. The predicted octanol–water partition coefficient (Wildman–Crippen LogP) is 2.54. The van der Waals surface area contributed by atoms with Gasteiger partial charge in [-0.2, -0.15) is 4.98 Å². The van der Waals surface area contributed by atoms with Gasteiger partial charge in [0, 0.05) is 6.54 Å². The molecule has 0 amide bonds. The standard InChI is InChI=1S/C14H19N3O2S/c1-17(10-14(18)6-2-3-7-14)9-12-15-13(16-19-12)11-5-4-8-20-11/h4-5,8,18H,2-3,6-7,9-10H2,1H3. The predicted molar refractivity (Wildman–Crippen MR) is 77.4 cm³/mol. The lowest BCUT2D eigenvalue weighted by atomic mass is 10.0. The Morgan fingerprint density at radius 2 is 2.25 bits per heavy atom. The van der Waals surface area contributed by atoms with Crippen LogP contribution in [0.3, 0.4) is 0 Å². The zero-order valence-electron chi connectivity index (χ0n) is 11.6. The van der Waals surface area contributed by atoms with E-state index in [2.05, 4.69) is 15.0 Å². The number of likely N-dealkylation sites (N-methyl/N-ethyl adjacent to an activating group) is 1. The monoisotopic (exact) mass is 293 g/mol. The summed E-state index contributed by atoms with van der Waals surface area (Å²) in [5.74, 6) is 1.24. The van der Waals surface area contributed by atoms with Crippen molar-refractivity contribution in [2.75, 3.05) is 13.6 Å². The van der Waals surface area contributed by atoms with Crippen molar-refractivity contribution in [2.24, 2.45) is 0 Å². The third-order valence-electron chi connectivity index (χ3n) is 3.71. The molecule has 0 aliphatic heterocycles. The quantitative estimate of drug-likeness (QED) is 0.918. The van der Waals surface area contributed by atoms with E-state index < -0.39 is 5.60 Å². The topological polar surface area (TPSA) is 62.4 Å². The van der Waals surface area contributed by atoms with Crippen LogP contribution in [-0.4, -0.2) is 39.3 Å². The summed E-state index contributed by atoms with van der Waals surface area (Å²) in [7, 11) is 1.98. The van der Waals surface area contributed by atoms with Crippen LogP contribution in [0.4, 0.5) is 0 Å². The highest BCUT2D eigenvalue weighted by molar-refractivity contribution is 7.13. The number of aromatic nitrogens is 2. The van der Waals surface area contributed by atoms with Crippen LogP contribution in [0.5, 0.6) is 0 Å². The van der Waals surface area contributed by atoms with Gasteiger partial charge in [0.1, 0.15) is 0 Å². The molecule has 0 radical (unpaired) electrons. The second kappa shape index (κ2) is 5.63. The Labute approximate surface area is 122 Å². The Balaban J connectivity index is 1.60. The van der Waals surface area contributed by atoms with Crippen LogP contribution in [0.25, 0.3) is 10.7 Å². The molecule has 108 valence electrons. The highest BCUT2D eigenvalue weighted by Gasteiger charge is 2.32. The smallest absolute Gasteiger partial charge is 0.241 e. The van der Waals surface area contributed by atoms with E-state index in [1.54, 1.807) is 11.3 Å². The fourth-order valence-electron chi connectivity index (χ4n) is 2.81. The van der Waals surface area contributed by atoms with Crippen LogP contribution >= 0.6 is 11.3 Å². The molecule has 1 aliphatic rings. The van der Waals surface area contributed by atoms with Gasteiger partial charge in [0.25, 0.3) is 0 Å². The van der Waals surface area contributed by atoms with E-state index >= 15 is 0 Å². The summed E-state index contributed by atoms with van der Waals surface area (Å²) < 4.78 is 5.28. The third kappa shape index (κ3) is 3.08. The van der Waals surface area contributed by atoms with Gasteiger partial charge in [-0.1, -0.05) is 24.1 Å². The van der Waals surface area contributed by atoms with Crippen LogP contribution in [0.15, 0.2) is 22.0 Å². The molecule has 3 rings (SSSR count). The number of rotatable bonds is 5. The number of hydrogen-bond donors (Lipinski definition) is 1. The highest BCUT2D eigenvalue weighted by atomic mass is 32.1. The molecule has 1 saturated carbocycles. The number of hydrogen-bond acceptors (Lipinski definition) is 6. The first kappa shape index (κ1) is 13.7. The first-order chi connectivity index (χ1) is 9.65. The van der Waals surface area contributed by atoms with Crippen molar-refractivity contribution in [2.45, 2.75) is 37.8 Å². The number of nitrogens with zero attached hydrogens (tertiary/aromatic N) is 3. The Morgan fingerprint density at radius 3 is 2.95 bits per heavy atom. The van der Waals surface area contributed by atoms with Crippen molar-refractivity contribution in [1.29, 1.82) is 0 Å². The molecule has 1 aliphatic carbocycles. The van der Waals surface area contributed by atoms with E-state index in [0.29, 0.717) is 24.8 Å². The SMILES string of the molecule is CN(Cc1nc(-c2cccs2)no1)CC1(O)CCCC1. The molecular formula is C14H19N3O2S. The maximum atomic E-state index is 10.4. The van der Waals surface area contributed by atoms with Crippen LogP contribution in [0.2, 0.25) is 0 Å². The molecule has 5 nitrogen and oxygen atoms in total. The van der Waals surface area contributed by atoms with Crippen molar-refractivity contribution in [3.05, 3.63) is 23.4 Å². The highest BCUT2D eigenvalue weighted by Crippen LogP contribution is 2.30. The summed E-state index contributed by atoms with van der Waals surface area (Å²) in [4.78, 5) is 7.46. The normalized spacial score (nSPS) is 17.9. The van der Waals surface area contributed by atoms with Crippen LogP contribution in [0.1, 0.15) is 31.6 Å². The van der Waals surface area contributed by atoms with Gasteiger partial charge in [-0.25, -0.2) is 0 Å². The molecule has 1 N–H and O–H groups in total. The Hall–Kier alpha value is -1.24. The van der Waals surface area contributed by atoms with E-state index in [0.717, 1.165) is 30.6 Å². The maximum absolute atomic E-state index is 10.4. The molecule has 6 heteroatoms. The lowest BCUT2D eigenvalue weighted by Crippen LogP contribution is -2.38. The summed E-state index contributed by atoms with van der Waals surface area (Å²) in [5.41, 5.74) is -0.536. The minimum absolute atomic E-state index is 0.536. The van der Waals surface area contributed by atoms with Crippen molar-refractivity contribution in [3.8, 4) is 10.7 Å². The molecule has 2 aromatic heterocycles. The van der Waals surface area contributed by atoms with Gasteiger partial charge in [0.15, 0.2) is 0 Å². The molecule has 20 heavy (non-hydrogen) atoms. The fourth-order valence-corrected chi connectivity index (χ4v) is 3.45. The van der Waals surface area contributed by atoms with Gasteiger partial charge in [-0.3, -0.25) is 4.90 Å². The van der Waals surface area contributed by atoms with Gasteiger partial charge in [0.05, 0.1) is 17.0 Å². The molecule has 0 unspecified atom stereocenters. The zero-order chi connectivity index (χ0) is 14.0. The Morgan fingerprint density at radius 1 is 1.45 bits per heavy atom. The average molecular weight is 293 g/mol. The molecule has 0 bridgehead atoms. The zero-order valence-corrected chi connectivity index (χ0v) is 12.4. The maximum Gasteiger partial charge on any atom is 0.241 e. The molecule has 1 fully saturated rings. The number of thiophene rings is 1. The van der Waals surface area contributed by atoms with Crippen molar-refractivity contribution >= 4 is 11.3 Å². The summed E-state index contributed by atoms with van der Waals surface area (Å²) in [5, 5.41) is 16.4. The molecule has 0 spiro atoms. The Kier molecular flexibility index (Phi) is 3.87. The van der Waals surface area contributed by atoms with Gasteiger partial charge in [-0.15, -0.1) is 11.3 Å². The first-order valence-corrected chi connectivity index (χ1v) is 7.80. The first-order valence-electron chi connectivity index (χ1n) is 6.92. The number of aliphatic hydroxyl groups is 1. The Bertz CT molecular complexity index is 547. The van der Waals surface area contributed by atoms with E-state index in [9.17, 15) is 5.11 Å². The molecule has 0 saturated heterocycles. The minimum Gasteiger partial charge on any atom is -0.389 e. The van der Waals surface area contributed by atoms with Gasteiger partial charge >= 0.3 is 0 Å². The van der Waals surface area contributed by atoms with Crippen molar-refractivity contribution in [3.63, 3.8) is 0 Å².